The largest absolute Gasteiger partial charge is 0.379 e. The highest BCUT2D eigenvalue weighted by atomic mass is 32.2. The Kier molecular flexibility index (Phi) is 8.52. The number of hydrogen-bond acceptors (Lipinski definition) is 5. The minimum absolute atomic E-state index is 0.172. The van der Waals surface area contributed by atoms with Crippen LogP contribution in [-0.2, 0) is 23.8 Å². The number of ether oxygens (including phenoxy) is 2. The Morgan fingerprint density at radius 3 is 2.19 bits per heavy atom. The van der Waals surface area contributed by atoms with Gasteiger partial charge in [0.05, 0.1) is 24.7 Å². The minimum Gasteiger partial charge on any atom is -0.379 e. The Balaban J connectivity index is 2.15. The Hall–Kier alpha value is -0.950. The van der Waals surface area contributed by atoms with Crippen molar-refractivity contribution in [1.82, 2.24) is 0 Å². The molecule has 6 heteroatoms. The van der Waals surface area contributed by atoms with Crippen LogP contribution in [0.3, 0.4) is 0 Å². The smallest absolute Gasteiger partial charge is 0.296 e. The molecule has 0 saturated carbocycles. The third-order valence-electron chi connectivity index (χ3n) is 2.81. The minimum atomic E-state index is -3.64. The van der Waals surface area contributed by atoms with Crippen molar-refractivity contribution < 1.29 is 22.1 Å². The molecule has 0 N–H and O–H groups in total. The molecular formula is C15H24O5S. The zero-order chi connectivity index (χ0) is 15.6. The molecule has 0 fully saturated rings. The third-order valence-corrected chi connectivity index (χ3v) is 4.13. The fraction of sp³-hybridized carbons (Fsp3) is 0.600. The molecule has 0 bridgehead atoms. The van der Waals surface area contributed by atoms with E-state index in [2.05, 4.69) is 0 Å². The summed E-state index contributed by atoms with van der Waals surface area (Å²) in [7, 11) is -3.64. The highest BCUT2D eigenvalue weighted by Gasteiger charge is 2.14. The van der Waals surface area contributed by atoms with Gasteiger partial charge < -0.3 is 9.47 Å². The van der Waals surface area contributed by atoms with E-state index in [1.165, 1.54) is 0 Å². The average molecular weight is 316 g/mol. The standard InChI is InChI=1S/C15H24O5S/c1-3-18-12-13-19-10-4-5-11-20-21(16,17)15-8-6-14(2)7-9-15/h6-9H,3-5,10-13H2,1-2H3. The van der Waals surface area contributed by atoms with Crippen molar-refractivity contribution in [3.05, 3.63) is 29.8 Å². The van der Waals surface area contributed by atoms with E-state index >= 15 is 0 Å². The van der Waals surface area contributed by atoms with E-state index in [1.54, 1.807) is 24.3 Å². The second-order valence-electron chi connectivity index (χ2n) is 4.61. The monoisotopic (exact) mass is 316 g/mol. The Morgan fingerprint density at radius 1 is 0.905 bits per heavy atom. The summed E-state index contributed by atoms with van der Waals surface area (Å²) < 4.78 is 39.2. The first kappa shape index (κ1) is 18.1. The lowest BCUT2D eigenvalue weighted by Gasteiger charge is -2.07. The molecule has 0 radical (unpaired) electrons. The summed E-state index contributed by atoms with van der Waals surface area (Å²) in [6, 6.07) is 6.62. The predicted octanol–water partition coefficient (Wildman–Crippen LogP) is 2.53. The molecule has 21 heavy (non-hydrogen) atoms. The van der Waals surface area contributed by atoms with Gasteiger partial charge in [-0.1, -0.05) is 17.7 Å². The summed E-state index contributed by atoms with van der Waals surface area (Å²) in [5.74, 6) is 0. The maximum atomic E-state index is 11.9. The molecule has 0 heterocycles. The van der Waals surface area contributed by atoms with Crippen LogP contribution >= 0.6 is 0 Å². The predicted molar refractivity (Wildman–Crippen MR) is 80.9 cm³/mol. The summed E-state index contributed by atoms with van der Waals surface area (Å²) in [4.78, 5) is 0.195. The molecule has 0 amide bonds. The lowest BCUT2D eigenvalue weighted by Crippen LogP contribution is -2.09. The van der Waals surface area contributed by atoms with Crippen LogP contribution < -0.4 is 0 Å². The van der Waals surface area contributed by atoms with Crippen molar-refractivity contribution in [1.29, 1.82) is 0 Å². The first-order valence-corrected chi connectivity index (χ1v) is 8.58. The van der Waals surface area contributed by atoms with Crippen molar-refractivity contribution in [2.45, 2.75) is 31.6 Å². The quantitative estimate of drug-likeness (QED) is 0.464. The van der Waals surface area contributed by atoms with Crippen LogP contribution in [0.15, 0.2) is 29.2 Å². The van der Waals surface area contributed by atoms with Crippen molar-refractivity contribution in [3.8, 4) is 0 Å². The summed E-state index contributed by atoms with van der Waals surface area (Å²) in [5.41, 5.74) is 1.01. The SMILES string of the molecule is CCOCCOCCCCOS(=O)(=O)c1ccc(C)cc1. The van der Waals surface area contributed by atoms with Gasteiger partial charge in [0.15, 0.2) is 0 Å². The second-order valence-corrected chi connectivity index (χ2v) is 6.22. The first-order chi connectivity index (χ1) is 10.1. The van der Waals surface area contributed by atoms with E-state index in [4.69, 9.17) is 13.7 Å². The summed E-state index contributed by atoms with van der Waals surface area (Å²) in [6.45, 7) is 6.44. The van der Waals surface area contributed by atoms with Gasteiger partial charge in [-0.2, -0.15) is 8.42 Å². The molecule has 120 valence electrons. The van der Waals surface area contributed by atoms with Crippen molar-refractivity contribution in [3.63, 3.8) is 0 Å². The number of rotatable bonds is 11. The van der Waals surface area contributed by atoms with Gasteiger partial charge in [0.1, 0.15) is 0 Å². The Labute approximate surface area is 127 Å². The molecule has 1 aromatic carbocycles. The van der Waals surface area contributed by atoms with Gasteiger partial charge in [0.2, 0.25) is 0 Å². The normalized spacial score (nSPS) is 11.7. The molecule has 1 aromatic rings. The second kappa shape index (κ2) is 9.89. The van der Waals surface area contributed by atoms with Crippen LogP contribution in [0.25, 0.3) is 0 Å². The van der Waals surface area contributed by atoms with Gasteiger partial charge in [-0.05, 0) is 38.8 Å². The topological polar surface area (TPSA) is 61.8 Å². The van der Waals surface area contributed by atoms with Gasteiger partial charge in [0, 0.05) is 13.2 Å². The van der Waals surface area contributed by atoms with Crippen molar-refractivity contribution >= 4 is 10.1 Å². The van der Waals surface area contributed by atoms with Crippen LogP contribution in [0.2, 0.25) is 0 Å². The fourth-order valence-electron chi connectivity index (χ4n) is 1.61. The van der Waals surface area contributed by atoms with Crippen molar-refractivity contribution in [2.75, 3.05) is 33.0 Å². The van der Waals surface area contributed by atoms with Crippen LogP contribution in [-0.4, -0.2) is 41.5 Å². The Bertz CT molecular complexity index is 481. The van der Waals surface area contributed by atoms with Gasteiger partial charge in [0.25, 0.3) is 10.1 Å². The van der Waals surface area contributed by atoms with Crippen LogP contribution in [0.4, 0.5) is 0 Å². The van der Waals surface area contributed by atoms with E-state index in [1.807, 2.05) is 13.8 Å². The van der Waals surface area contributed by atoms with Gasteiger partial charge in [-0.25, -0.2) is 0 Å². The van der Waals surface area contributed by atoms with Crippen molar-refractivity contribution in [2.24, 2.45) is 0 Å². The molecule has 0 aliphatic rings. The number of aryl methyl sites for hydroxylation is 1. The van der Waals surface area contributed by atoms with E-state index in [0.717, 1.165) is 12.0 Å². The molecule has 0 aliphatic carbocycles. The molecule has 0 saturated heterocycles. The number of hydrogen-bond donors (Lipinski definition) is 0. The Morgan fingerprint density at radius 2 is 1.52 bits per heavy atom. The molecule has 0 atom stereocenters. The van der Waals surface area contributed by atoms with E-state index in [0.29, 0.717) is 32.8 Å². The third kappa shape index (κ3) is 7.57. The zero-order valence-corrected chi connectivity index (χ0v) is 13.5. The fourth-order valence-corrected chi connectivity index (χ4v) is 2.55. The summed E-state index contributed by atoms with van der Waals surface area (Å²) in [5, 5.41) is 0. The number of benzene rings is 1. The first-order valence-electron chi connectivity index (χ1n) is 7.18. The lowest BCUT2D eigenvalue weighted by molar-refractivity contribution is 0.0505. The van der Waals surface area contributed by atoms with E-state index < -0.39 is 10.1 Å². The van der Waals surface area contributed by atoms with Crippen LogP contribution in [0.5, 0.6) is 0 Å². The molecular weight excluding hydrogens is 292 g/mol. The van der Waals surface area contributed by atoms with Crippen LogP contribution in [0.1, 0.15) is 25.3 Å². The molecule has 0 aromatic heterocycles. The molecule has 0 unspecified atom stereocenters. The maximum Gasteiger partial charge on any atom is 0.296 e. The number of unbranched alkanes of at least 4 members (excludes halogenated alkanes) is 1. The van der Waals surface area contributed by atoms with Crippen LogP contribution in [0, 0.1) is 6.92 Å². The van der Waals surface area contributed by atoms with E-state index in [9.17, 15) is 8.42 Å². The van der Waals surface area contributed by atoms with Gasteiger partial charge in [-0.15, -0.1) is 0 Å². The maximum absolute atomic E-state index is 11.9. The highest BCUT2D eigenvalue weighted by molar-refractivity contribution is 7.86. The van der Waals surface area contributed by atoms with Gasteiger partial charge >= 0.3 is 0 Å². The highest BCUT2D eigenvalue weighted by Crippen LogP contribution is 2.13. The average Bonchev–Trinajstić information content (AvgIpc) is 2.46. The van der Waals surface area contributed by atoms with Gasteiger partial charge in [-0.3, -0.25) is 4.18 Å². The lowest BCUT2D eigenvalue weighted by atomic mass is 10.2. The molecule has 0 spiro atoms. The molecule has 1 rings (SSSR count). The summed E-state index contributed by atoms with van der Waals surface area (Å²) in [6.07, 6.45) is 1.40. The molecule has 5 nitrogen and oxygen atoms in total. The summed E-state index contributed by atoms with van der Waals surface area (Å²) >= 11 is 0. The van der Waals surface area contributed by atoms with E-state index in [-0.39, 0.29) is 11.5 Å². The molecule has 0 aliphatic heterocycles. The zero-order valence-electron chi connectivity index (χ0n) is 12.7.